The Morgan fingerprint density at radius 3 is 2.28 bits per heavy atom. The van der Waals surface area contributed by atoms with E-state index in [1.807, 2.05) is 30.5 Å². The molecule has 0 saturated carbocycles. The average molecular weight is 799 g/mol. The summed E-state index contributed by atoms with van der Waals surface area (Å²) in [7, 11) is 0. The van der Waals surface area contributed by atoms with Gasteiger partial charge in [-0.25, -0.2) is 0 Å². The first kappa shape index (κ1) is 30.9. The van der Waals surface area contributed by atoms with Gasteiger partial charge in [0.1, 0.15) is 0 Å². The largest absolute Gasteiger partial charge is 0.304 e. The fraction of sp³-hybridized carbons (Fsp3) is 0.0698. The van der Waals surface area contributed by atoms with E-state index in [4.69, 9.17) is 4.98 Å². The van der Waals surface area contributed by atoms with Crippen LogP contribution in [0.2, 0.25) is 0 Å². The molecule has 0 unspecified atom stereocenters. The molecule has 2 nitrogen and oxygen atoms in total. The van der Waals surface area contributed by atoms with Gasteiger partial charge in [-0.1, -0.05) is 110 Å². The van der Waals surface area contributed by atoms with Crippen LogP contribution < -0.4 is 0 Å². The van der Waals surface area contributed by atoms with Gasteiger partial charge in [0.05, 0.1) is 5.52 Å². The number of thiazole rings is 1. The van der Waals surface area contributed by atoms with Gasteiger partial charge in [-0.05, 0) is 56.8 Å². The molecular weight excluding hydrogens is 769 g/mol. The minimum absolute atomic E-state index is 0. The summed E-state index contributed by atoms with van der Waals surface area (Å²) < 4.78 is 1.21. The standard InChI is InChI=1S/C24H18N.C19H12NS.Ir/c1-24(2)21-10-6-5-9-19(21)20-15-17(11-12-22(20)24)23-18-8-4-3-7-16(18)13-14-25-23;1-2-7-14(8-3-1)15-9-6-10-16(13-15)19-20-17-11-4-5-12-18(17)21-19;/h3-10,12-15H,1-2H3;1-9,11-13H;/q2*-1;. The predicted molar refractivity (Wildman–Crippen MR) is 193 cm³/mol. The van der Waals surface area contributed by atoms with E-state index >= 15 is 0 Å². The Labute approximate surface area is 293 Å². The van der Waals surface area contributed by atoms with Crippen LogP contribution in [-0.2, 0) is 25.5 Å². The Morgan fingerprint density at radius 2 is 1.40 bits per heavy atom. The molecule has 1 aliphatic rings. The van der Waals surface area contributed by atoms with Gasteiger partial charge in [0, 0.05) is 36.0 Å². The molecule has 0 N–H and O–H groups in total. The van der Waals surface area contributed by atoms with Crippen molar-refractivity contribution in [3.8, 4) is 44.1 Å². The number of para-hydroxylation sites is 1. The van der Waals surface area contributed by atoms with Gasteiger partial charge < -0.3 is 4.98 Å². The number of rotatable bonds is 3. The van der Waals surface area contributed by atoms with Gasteiger partial charge in [-0.2, -0.15) is 11.3 Å². The van der Waals surface area contributed by atoms with Gasteiger partial charge >= 0.3 is 0 Å². The molecule has 6 aromatic carbocycles. The minimum Gasteiger partial charge on any atom is -0.304 e. The second-order valence-electron chi connectivity index (χ2n) is 12.1. The summed E-state index contributed by atoms with van der Waals surface area (Å²) in [5.41, 5.74) is 12.0. The number of hydrogen-bond acceptors (Lipinski definition) is 3. The van der Waals surface area contributed by atoms with Crippen LogP contribution in [0.1, 0.15) is 25.0 Å². The summed E-state index contributed by atoms with van der Waals surface area (Å²) in [6.45, 7) is 4.59. The fourth-order valence-electron chi connectivity index (χ4n) is 6.50. The quantitative estimate of drug-likeness (QED) is 0.166. The number of aromatic nitrogens is 2. The van der Waals surface area contributed by atoms with Crippen LogP contribution in [0.15, 0.2) is 146 Å². The summed E-state index contributed by atoms with van der Waals surface area (Å²) in [6, 6.07) is 55.3. The number of nitrogens with zero attached hydrogens (tertiary/aromatic N) is 2. The van der Waals surface area contributed by atoms with E-state index < -0.39 is 0 Å². The van der Waals surface area contributed by atoms with E-state index in [0.717, 1.165) is 27.3 Å². The molecule has 47 heavy (non-hydrogen) atoms. The molecule has 4 heteroatoms. The van der Waals surface area contributed by atoms with Crippen molar-refractivity contribution in [2.75, 3.05) is 0 Å². The Morgan fingerprint density at radius 1 is 0.638 bits per heavy atom. The van der Waals surface area contributed by atoms with E-state index in [2.05, 4.69) is 146 Å². The van der Waals surface area contributed by atoms with Gasteiger partial charge in [-0.15, -0.1) is 64.7 Å². The van der Waals surface area contributed by atoms with Crippen molar-refractivity contribution >= 4 is 32.3 Å². The predicted octanol–water partition coefficient (Wildman–Crippen LogP) is 11.4. The third-order valence-corrected chi connectivity index (χ3v) is 9.95. The van der Waals surface area contributed by atoms with Crippen LogP contribution in [0.5, 0.6) is 0 Å². The van der Waals surface area contributed by atoms with Gasteiger partial charge in [-0.3, -0.25) is 4.98 Å². The Hall–Kier alpha value is -4.73. The second-order valence-corrected chi connectivity index (χ2v) is 13.1. The molecule has 0 saturated heterocycles. The molecule has 9 rings (SSSR count). The summed E-state index contributed by atoms with van der Waals surface area (Å²) in [4.78, 5) is 9.37. The van der Waals surface area contributed by atoms with E-state index in [9.17, 15) is 0 Å². The molecule has 2 aromatic heterocycles. The molecule has 1 aliphatic carbocycles. The van der Waals surface area contributed by atoms with E-state index in [-0.39, 0.29) is 25.5 Å². The molecule has 0 aliphatic heterocycles. The first-order chi connectivity index (χ1) is 22.6. The van der Waals surface area contributed by atoms with Gasteiger partial charge in [0.2, 0.25) is 0 Å². The molecule has 0 amide bonds. The Kier molecular flexibility index (Phi) is 8.42. The Bertz CT molecular complexity index is 2320. The topological polar surface area (TPSA) is 25.8 Å². The van der Waals surface area contributed by atoms with Crippen LogP contribution in [0.3, 0.4) is 0 Å². The zero-order valence-corrected chi connectivity index (χ0v) is 29.2. The molecule has 8 aromatic rings. The van der Waals surface area contributed by atoms with Gasteiger partial charge in [0.25, 0.3) is 0 Å². The summed E-state index contributed by atoms with van der Waals surface area (Å²) in [6.07, 6.45) is 1.89. The molecule has 1 radical (unpaired) electrons. The maximum absolute atomic E-state index is 4.71. The maximum Gasteiger partial charge on any atom is 0.0697 e. The van der Waals surface area contributed by atoms with E-state index in [0.29, 0.717) is 0 Å². The van der Waals surface area contributed by atoms with Gasteiger partial charge in [0.15, 0.2) is 0 Å². The smallest absolute Gasteiger partial charge is 0.0697 e. The van der Waals surface area contributed by atoms with Crippen molar-refractivity contribution in [2.45, 2.75) is 19.3 Å². The summed E-state index contributed by atoms with van der Waals surface area (Å²) >= 11 is 1.71. The number of hydrogen-bond donors (Lipinski definition) is 0. The zero-order chi connectivity index (χ0) is 31.1. The first-order valence-electron chi connectivity index (χ1n) is 15.5. The third-order valence-electron chi connectivity index (χ3n) is 8.88. The number of benzene rings is 6. The average Bonchev–Trinajstić information content (AvgIpc) is 3.65. The minimum atomic E-state index is 0. The number of pyridine rings is 1. The maximum atomic E-state index is 4.71. The molecule has 2 heterocycles. The second kappa shape index (κ2) is 12.8. The van der Waals surface area contributed by atoms with Crippen molar-refractivity contribution in [1.82, 2.24) is 9.97 Å². The molecular formula is C43H30IrN2S-2. The monoisotopic (exact) mass is 799 g/mol. The fourth-order valence-corrected chi connectivity index (χ4v) is 7.44. The van der Waals surface area contributed by atoms with Crippen LogP contribution in [-0.4, -0.2) is 9.97 Å². The van der Waals surface area contributed by atoms with Crippen molar-refractivity contribution < 1.29 is 20.1 Å². The first-order valence-corrected chi connectivity index (χ1v) is 16.3. The SMILES string of the molecule is CC1(C)c2c[c-]c(-c3nccc4ccccc34)cc2-c2ccccc21.[Ir].[c-]1ccc(-c2ccccc2)cc1-c1nc2ccccc2s1. The third kappa shape index (κ3) is 5.74. The summed E-state index contributed by atoms with van der Waals surface area (Å²) in [5.74, 6) is 0. The Balaban J connectivity index is 0.000000148. The van der Waals surface area contributed by atoms with Crippen molar-refractivity contribution in [1.29, 1.82) is 0 Å². The molecule has 0 atom stereocenters. The van der Waals surface area contributed by atoms with Crippen molar-refractivity contribution in [3.05, 3.63) is 169 Å². The van der Waals surface area contributed by atoms with Crippen LogP contribution in [0, 0.1) is 12.1 Å². The van der Waals surface area contributed by atoms with E-state index in [1.165, 1.54) is 48.9 Å². The molecule has 0 fully saturated rings. The molecule has 229 valence electrons. The normalized spacial score (nSPS) is 12.5. The van der Waals surface area contributed by atoms with Crippen LogP contribution >= 0.6 is 11.3 Å². The van der Waals surface area contributed by atoms with E-state index in [1.54, 1.807) is 11.3 Å². The zero-order valence-electron chi connectivity index (χ0n) is 26.0. The molecule has 0 bridgehead atoms. The summed E-state index contributed by atoms with van der Waals surface area (Å²) in [5, 5.41) is 3.41. The van der Waals surface area contributed by atoms with Crippen molar-refractivity contribution in [3.63, 3.8) is 0 Å². The molecule has 0 spiro atoms. The van der Waals surface area contributed by atoms with Crippen molar-refractivity contribution in [2.24, 2.45) is 0 Å². The number of fused-ring (bicyclic) bond motifs is 5. The van der Waals surface area contributed by atoms with Crippen LogP contribution in [0.25, 0.3) is 65.1 Å². The van der Waals surface area contributed by atoms with Crippen LogP contribution in [0.4, 0.5) is 0 Å².